The molecule has 1 aromatic heterocycles. The second kappa shape index (κ2) is 4.06. The van der Waals surface area contributed by atoms with Gasteiger partial charge in [-0.25, -0.2) is 8.42 Å². The van der Waals surface area contributed by atoms with Gasteiger partial charge in [0.1, 0.15) is 10.7 Å². The van der Waals surface area contributed by atoms with Crippen molar-refractivity contribution in [2.75, 3.05) is 12.3 Å². The smallest absolute Gasteiger partial charge is 0.248 e. The van der Waals surface area contributed by atoms with Crippen LogP contribution in [-0.2, 0) is 10.0 Å². The van der Waals surface area contributed by atoms with Crippen molar-refractivity contribution in [2.24, 2.45) is 0 Å². The maximum atomic E-state index is 12.3. The average Bonchev–Trinajstić information content (AvgIpc) is 2.96. The maximum Gasteiger partial charge on any atom is 0.248 e. The summed E-state index contributed by atoms with van der Waals surface area (Å²) < 4.78 is 26.1. The number of H-pyrrole nitrogens is 1. The van der Waals surface area contributed by atoms with Crippen LogP contribution in [0.3, 0.4) is 0 Å². The van der Waals surface area contributed by atoms with Crippen LogP contribution in [0.4, 0.5) is 5.82 Å². The molecule has 1 aliphatic carbocycles. The molecule has 0 aromatic carbocycles. The van der Waals surface area contributed by atoms with Gasteiger partial charge in [0.2, 0.25) is 10.0 Å². The third kappa shape index (κ3) is 1.92. The number of nitrogen functional groups attached to an aromatic ring is 1. The molecule has 7 heteroatoms. The number of sulfonamides is 1. The maximum absolute atomic E-state index is 12.3. The van der Waals surface area contributed by atoms with Crippen molar-refractivity contribution < 1.29 is 8.42 Å². The lowest BCUT2D eigenvalue weighted by Crippen LogP contribution is -2.34. The van der Waals surface area contributed by atoms with Crippen LogP contribution < -0.4 is 5.73 Å². The summed E-state index contributed by atoms with van der Waals surface area (Å²) in [6.45, 7) is 2.50. The van der Waals surface area contributed by atoms with Crippen LogP contribution in [-0.4, -0.2) is 35.5 Å². The predicted molar refractivity (Wildman–Crippen MR) is 60.2 cm³/mol. The molecule has 0 atom stereocenters. The van der Waals surface area contributed by atoms with Crippen molar-refractivity contribution in [2.45, 2.75) is 37.1 Å². The molecule has 0 bridgehead atoms. The van der Waals surface area contributed by atoms with Gasteiger partial charge in [-0.1, -0.05) is 6.92 Å². The lowest BCUT2D eigenvalue weighted by Gasteiger charge is -2.20. The van der Waals surface area contributed by atoms with Gasteiger partial charge in [0.05, 0.1) is 6.20 Å². The molecule has 0 unspecified atom stereocenters. The molecule has 0 radical (unpaired) electrons. The molecule has 1 heterocycles. The minimum atomic E-state index is -3.47. The number of nitrogens with zero attached hydrogens (tertiary/aromatic N) is 2. The molecule has 0 amide bonds. The van der Waals surface area contributed by atoms with Gasteiger partial charge in [0.25, 0.3) is 0 Å². The first kappa shape index (κ1) is 11.4. The molecule has 16 heavy (non-hydrogen) atoms. The second-order valence-corrected chi connectivity index (χ2v) is 5.85. The number of nitrogens with two attached hydrogens (primary N) is 1. The molecule has 6 nitrogen and oxygen atoms in total. The molecule has 1 aromatic rings. The van der Waals surface area contributed by atoms with Crippen molar-refractivity contribution in [3.05, 3.63) is 6.20 Å². The van der Waals surface area contributed by atoms with Gasteiger partial charge in [-0.05, 0) is 19.3 Å². The van der Waals surface area contributed by atoms with Crippen molar-refractivity contribution in [3.63, 3.8) is 0 Å². The normalized spacial score (nSPS) is 16.9. The first-order valence-corrected chi connectivity index (χ1v) is 6.82. The summed E-state index contributed by atoms with van der Waals surface area (Å²) in [4.78, 5) is 0.0906. The minimum Gasteiger partial charge on any atom is -0.383 e. The summed E-state index contributed by atoms with van der Waals surface area (Å²) in [6.07, 6.45) is 3.96. The van der Waals surface area contributed by atoms with Gasteiger partial charge < -0.3 is 5.73 Å². The third-order valence-electron chi connectivity index (χ3n) is 2.62. The molecule has 0 spiro atoms. The molecule has 2 rings (SSSR count). The molecule has 0 aliphatic heterocycles. The van der Waals surface area contributed by atoms with E-state index in [1.54, 1.807) is 0 Å². The Labute approximate surface area is 94.9 Å². The van der Waals surface area contributed by atoms with Crippen molar-refractivity contribution in [3.8, 4) is 0 Å². The molecular weight excluding hydrogens is 228 g/mol. The Kier molecular flexibility index (Phi) is 2.90. The fourth-order valence-corrected chi connectivity index (χ4v) is 3.49. The summed E-state index contributed by atoms with van der Waals surface area (Å²) in [7, 11) is -3.47. The van der Waals surface area contributed by atoms with Gasteiger partial charge in [-0.3, -0.25) is 5.10 Å². The molecule has 0 saturated heterocycles. The first-order chi connectivity index (χ1) is 7.57. The second-order valence-electron chi connectivity index (χ2n) is 3.99. The Bertz CT molecular complexity index is 464. The van der Waals surface area contributed by atoms with Crippen molar-refractivity contribution in [1.82, 2.24) is 14.5 Å². The largest absolute Gasteiger partial charge is 0.383 e. The highest BCUT2D eigenvalue weighted by atomic mass is 32.2. The van der Waals surface area contributed by atoms with Crippen molar-refractivity contribution >= 4 is 15.8 Å². The Morgan fingerprint density at radius 2 is 2.31 bits per heavy atom. The van der Waals surface area contributed by atoms with Gasteiger partial charge >= 0.3 is 0 Å². The van der Waals surface area contributed by atoms with Crippen molar-refractivity contribution in [1.29, 1.82) is 0 Å². The number of anilines is 1. The Morgan fingerprint density at radius 3 is 2.75 bits per heavy atom. The Hall–Kier alpha value is -1.08. The Morgan fingerprint density at radius 1 is 1.62 bits per heavy atom. The van der Waals surface area contributed by atoms with E-state index in [4.69, 9.17) is 5.73 Å². The van der Waals surface area contributed by atoms with Crippen LogP contribution in [0.25, 0.3) is 0 Å². The number of rotatable bonds is 5. The number of aromatic nitrogens is 2. The zero-order valence-corrected chi connectivity index (χ0v) is 10.00. The highest BCUT2D eigenvalue weighted by Crippen LogP contribution is 2.33. The summed E-state index contributed by atoms with van der Waals surface area (Å²) in [6, 6.07) is 0.152. The van der Waals surface area contributed by atoms with E-state index in [9.17, 15) is 8.42 Å². The minimum absolute atomic E-state index is 0.0906. The van der Waals surface area contributed by atoms with Gasteiger partial charge in [-0.15, -0.1) is 0 Å². The quantitative estimate of drug-likeness (QED) is 0.791. The fourth-order valence-electron chi connectivity index (χ4n) is 1.70. The van der Waals surface area contributed by atoms with Gasteiger partial charge in [0, 0.05) is 12.6 Å². The topological polar surface area (TPSA) is 92.1 Å². The van der Waals surface area contributed by atoms with Crippen LogP contribution >= 0.6 is 0 Å². The number of aromatic amines is 1. The molecular formula is C9H16N4O2S. The van der Waals surface area contributed by atoms with E-state index in [1.807, 2.05) is 6.92 Å². The van der Waals surface area contributed by atoms with Gasteiger partial charge in [-0.2, -0.15) is 9.40 Å². The summed E-state index contributed by atoms with van der Waals surface area (Å²) in [5.74, 6) is 0.113. The van der Waals surface area contributed by atoms with E-state index in [1.165, 1.54) is 10.5 Å². The average molecular weight is 244 g/mol. The SMILES string of the molecule is CCCN(C1CC1)S(=O)(=O)c1cn[nH]c1N. The molecule has 1 saturated carbocycles. The third-order valence-corrected chi connectivity index (χ3v) is 4.60. The molecule has 1 fully saturated rings. The van der Waals surface area contributed by atoms with E-state index in [2.05, 4.69) is 10.2 Å². The van der Waals surface area contributed by atoms with E-state index >= 15 is 0 Å². The fraction of sp³-hybridized carbons (Fsp3) is 0.667. The van der Waals surface area contributed by atoms with Crippen LogP contribution in [0.1, 0.15) is 26.2 Å². The number of hydrogen-bond acceptors (Lipinski definition) is 4. The van der Waals surface area contributed by atoms with E-state index < -0.39 is 10.0 Å². The number of nitrogens with one attached hydrogen (secondary N) is 1. The summed E-state index contributed by atoms with van der Waals surface area (Å²) >= 11 is 0. The number of hydrogen-bond donors (Lipinski definition) is 2. The van der Waals surface area contributed by atoms with Crippen LogP contribution in [0.15, 0.2) is 11.1 Å². The lowest BCUT2D eigenvalue weighted by atomic mass is 10.5. The van der Waals surface area contributed by atoms with Crippen LogP contribution in [0.2, 0.25) is 0 Å². The van der Waals surface area contributed by atoms with E-state index in [-0.39, 0.29) is 16.8 Å². The molecule has 90 valence electrons. The first-order valence-electron chi connectivity index (χ1n) is 5.38. The van der Waals surface area contributed by atoms with E-state index in [0.29, 0.717) is 6.54 Å². The lowest BCUT2D eigenvalue weighted by molar-refractivity contribution is 0.403. The highest BCUT2D eigenvalue weighted by Gasteiger charge is 2.38. The predicted octanol–water partition coefficient (Wildman–Crippen LogP) is 0.555. The van der Waals surface area contributed by atoms with Crippen LogP contribution in [0, 0.1) is 0 Å². The zero-order valence-electron chi connectivity index (χ0n) is 9.18. The standard InChI is InChI=1S/C9H16N4O2S/c1-2-5-13(7-3-4-7)16(14,15)8-6-11-12-9(8)10/h6-7H,2-5H2,1H3,(H3,10,11,12). The molecule has 3 N–H and O–H groups in total. The zero-order chi connectivity index (χ0) is 11.8. The highest BCUT2D eigenvalue weighted by molar-refractivity contribution is 7.89. The van der Waals surface area contributed by atoms with Crippen LogP contribution in [0.5, 0.6) is 0 Å². The monoisotopic (exact) mass is 244 g/mol. The van der Waals surface area contributed by atoms with Gasteiger partial charge in [0.15, 0.2) is 0 Å². The summed E-state index contributed by atoms with van der Waals surface area (Å²) in [5.41, 5.74) is 5.56. The Balaban J connectivity index is 2.32. The summed E-state index contributed by atoms with van der Waals surface area (Å²) in [5, 5.41) is 6.11. The van der Waals surface area contributed by atoms with E-state index in [0.717, 1.165) is 19.3 Å². The molecule has 1 aliphatic rings.